The molecule has 0 aromatic carbocycles. The van der Waals surface area contributed by atoms with E-state index in [1.54, 1.807) is 0 Å². The molecule has 0 radical (unpaired) electrons. The maximum absolute atomic E-state index is 10.7. The van der Waals surface area contributed by atoms with Crippen molar-refractivity contribution >= 4 is 25.6 Å². The summed E-state index contributed by atoms with van der Waals surface area (Å²) in [6.45, 7) is 0. The van der Waals surface area contributed by atoms with E-state index in [9.17, 15) is 13.2 Å². The second kappa shape index (κ2) is 3.31. The Morgan fingerprint density at radius 1 is 1.46 bits per heavy atom. The molecule has 13 heavy (non-hydrogen) atoms. The van der Waals surface area contributed by atoms with Gasteiger partial charge in [-0.15, -0.1) is 0 Å². The van der Waals surface area contributed by atoms with Gasteiger partial charge in [-0.2, -0.15) is 0 Å². The van der Waals surface area contributed by atoms with Gasteiger partial charge in [0.1, 0.15) is 10.6 Å². The quantitative estimate of drug-likeness (QED) is 0.717. The molecule has 0 fully saturated rings. The Labute approximate surface area is 78.9 Å². The molecule has 7 heteroatoms. The van der Waals surface area contributed by atoms with Crippen molar-refractivity contribution in [3.63, 3.8) is 0 Å². The van der Waals surface area contributed by atoms with Crippen molar-refractivity contribution < 1.29 is 13.2 Å². The van der Waals surface area contributed by atoms with Crippen molar-refractivity contribution in [3.8, 4) is 0 Å². The number of hydrogen-bond acceptors (Lipinski definition) is 4. The molecule has 0 aliphatic carbocycles. The first-order valence-electron chi connectivity index (χ1n) is 3.12. The molecule has 0 atom stereocenters. The number of pyridine rings is 1. The summed E-state index contributed by atoms with van der Waals surface area (Å²) in [5, 5.41) is 0. The normalized spacial score (nSPS) is 11.2. The summed E-state index contributed by atoms with van der Waals surface area (Å²) in [5.74, 6) is -0.724. The van der Waals surface area contributed by atoms with E-state index in [1.807, 2.05) is 0 Å². The van der Waals surface area contributed by atoms with E-state index in [1.165, 1.54) is 6.07 Å². The SMILES string of the molecule is NC(=O)c1ccc(S(=O)(=O)Cl)cn1. The number of hydrogen-bond donors (Lipinski definition) is 1. The van der Waals surface area contributed by atoms with Gasteiger partial charge in [-0.1, -0.05) is 0 Å². The van der Waals surface area contributed by atoms with Gasteiger partial charge in [-0.25, -0.2) is 13.4 Å². The first-order valence-corrected chi connectivity index (χ1v) is 5.43. The summed E-state index contributed by atoms with van der Waals surface area (Å²) < 4.78 is 21.4. The number of rotatable bonds is 2. The molecule has 0 aliphatic rings. The lowest BCUT2D eigenvalue weighted by atomic mass is 10.3. The van der Waals surface area contributed by atoms with Crippen LogP contribution in [0.3, 0.4) is 0 Å². The molecule has 2 N–H and O–H groups in total. The third-order valence-corrected chi connectivity index (χ3v) is 2.61. The van der Waals surface area contributed by atoms with Gasteiger partial charge in [0, 0.05) is 16.9 Å². The number of carbonyl (C=O) groups excluding carboxylic acids is 1. The number of nitrogens with zero attached hydrogens (tertiary/aromatic N) is 1. The molecular formula is C6H5ClN2O3S. The van der Waals surface area contributed by atoms with Gasteiger partial charge in [0.2, 0.25) is 0 Å². The Bertz CT molecular complexity index is 426. The topological polar surface area (TPSA) is 90.1 Å². The largest absolute Gasteiger partial charge is 0.364 e. The second-order valence-corrected chi connectivity index (χ2v) is 4.75. The van der Waals surface area contributed by atoms with Crippen molar-refractivity contribution in [3.05, 3.63) is 24.0 Å². The minimum absolute atomic E-state index is 0.0101. The maximum atomic E-state index is 10.7. The van der Waals surface area contributed by atoms with Crippen molar-refractivity contribution in [2.75, 3.05) is 0 Å². The molecule has 1 aromatic rings. The summed E-state index contributed by atoms with van der Waals surface area (Å²) in [6, 6.07) is 2.35. The van der Waals surface area contributed by atoms with Gasteiger partial charge in [0.05, 0.1) is 0 Å². The number of nitrogens with two attached hydrogens (primary N) is 1. The van der Waals surface area contributed by atoms with Crippen LogP contribution in [0.4, 0.5) is 0 Å². The van der Waals surface area contributed by atoms with Gasteiger partial charge in [-0.3, -0.25) is 4.79 Å². The van der Waals surface area contributed by atoms with E-state index in [4.69, 9.17) is 16.4 Å². The zero-order valence-electron chi connectivity index (χ0n) is 6.27. The Morgan fingerprint density at radius 2 is 2.08 bits per heavy atom. The molecule has 0 spiro atoms. The van der Waals surface area contributed by atoms with Crippen molar-refractivity contribution in [1.29, 1.82) is 0 Å². The fourth-order valence-corrected chi connectivity index (χ4v) is 1.35. The Kier molecular flexibility index (Phi) is 2.53. The number of primary amides is 1. The van der Waals surface area contributed by atoms with Gasteiger partial charge in [0.15, 0.2) is 0 Å². The van der Waals surface area contributed by atoms with Gasteiger partial charge < -0.3 is 5.73 Å². The first kappa shape index (κ1) is 9.94. The van der Waals surface area contributed by atoms with E-state index in [2.05, 4.69) is 4.98 Å². The zero-order valence-corrected chi connectivity index (χ0v) is 7.84. The summed E-state index contributed by atoms with van der Waals surface area (Å²) in [4.78, 5) is 13.9. The third kappa shape index (κ3) is 2.40. The molecule has 5 nitrogen and oxygen atoms in total. The van der Waals surface area contributed by atoms with E-state index < -0.39 is 15.0 Å². The average molecular weight is 221 g/mol. The summed E-state index contributed by atoms with van der Waals surface area (Å²) in [7, 11) is 1.22. The molecule has 70 valence electrons. The van der Waals surface area contributed by atoms with Crippen molar-refractivity contribution in [2.24, 2.45) is 5.73 Å². The predicted octanol–water partition coefficient (Wildman–Crippen LogP) is 0.108. The van der Waals surface area contributed by atoms with Crippen LogP contribution in [0.25, 0.3) is 0 Å². The summed E-state index contributed by atoms with van der Waals surface area (Å²) in [5.41, 5.74) is 4.88. The van der Waals surface area contributed by atoms with Crippen LogP contribution in [0.5, 0.6) is 0 Å². The van der Waals surface area contributed by atoms with Gasteiger partial charge in [0.25, 0.3) is 15.0 Å². The highest BCUT2D eigenvalue weighted by atomic mass is 35.7. The zero-order chi connectivity index (χ0) is 10.1. The molecule has 0 saturated carbocycles. The smallest absolute Gasteiger partial charge is 0.267 e. The van der Waals surface area contributed by atoms with Crippen LogP contribution < -0.4 is 5.73 Å². The van der Waals surface area contributed by atoms with Gasteiger partial charge >= 0.3 is 0 Å². The molecular weight excluding hydrogens is 216 g/mol. The fourth-order valence-electron chi connectivity index (χ4n) is 0.670. The van der Waals surface area contributed by atoms with Crippen LogP contribution in [0, 0.1) is 0 Å². The highest BCUT2D eigenvalue weighted by molar-refractivity contribution is 8.13. The third-order valence-electron chi connectivity index (χ3n) is 1.27. The Morgan fingerprint density at radius 3 is 2.38 bits per heavy atom. The second-order valence-electron chi connectivity index (χ2n) is 2.18. The molecule has 1 rings (SSSR count). The standard InChI is InChI=1S/C6H5ClN2O3S/c7-13(11,12)4-1-2-5(6(8)10)9-3-4/h1-3H,(H2,8,10). The highest BCUT2D eigenvalue weighted by Gasteiger charge is 2.10. The number of carbonyl (C=O) groups is 1. The minimum Gasteiger partial charge on any atom is -0.364 e. The molecule has 1 heterocycles. The summed E-state index contributed by atoms with van der Waals surface area (Å²) >= 11 is 0. The van der Waals surface area contributed by atoms with Crippen LogP contribution in [0.1, 0.15) is 10.5 Å². The molecule has 1 amide bonds. The van der Waals surface area contributed by atoms with E-state index >= 15 is 0 Å². The molecule has 1 aromatic heterocycles. The number of amides is 1. The maximum Gasteiger partial charge on any atom is 0.267 e. The molecule has 0 saturated heterocycles. The van der Waals surface area contributed by atoms with E-state index in [0.717, 1.165) is 12.3 Å². The van der Waals surface area contributed by atoms with Crippen LogP contribution >= 0.6 is 10.7 Å². The predicted molar refractivity (Wildman–Crippen MR) is 45.8 cm³/mol. The number of halogens is 1. The first-order chi connectivity index (χ1) is 5.91. The monoisotopic (exact) mass is 220 g/mol. The Balaban J connectivity index is 3.16. The van der Waals surface area contributed by atoms with Gasteiger partial charge in [-0.05, 0) is 12.1 Å². The van der Waals surface area contributed by atoms with Crippen LogP contribution in [-0.2, 0) is 9.05 Å². The van der Waals surface area contributed by atoms with Crippen molar-refractivity contribution in [2.45, 2.75) is 4.90 Å². The highest BCUT2D eigenvalue weighted by Crippen LogP contribution is 2.12. The van der Waals surface area contributed by atoms with Crippen LogP contribution in [0.2, 0.25) is 0 Å². The van der Waals surface area contributed by atoms with Crippen LogP contribution in [-0.4, -0.2) is 19.3 Å². The van der Waals surface area contributed by atoms with Crippen LogP contribution in [0.15, 0.2) is 23.2 Å². The molecule has 0 bridgehead atoms. The van der Waals surface area contributed by atoms with Crippen molar-refractivity contribution in [1.82, 2.24) is 4.98 Å². The average Bonchev–Trinajstić information content (AvgIpc) is 2.03. The van der Waals surface area contributed by atoms with E-state index in [-0.39, 0.29) is 10.6 Å². The lowest BCUT2D eigenvalue weighted by Gasteiger charge is -1.96. The minimum atomic E-state index is -3.79. The molecule has 0 unspecified atom stereocenters. The number of aromatic nitrogens is 1. The fraction of sp³-hybridized carbons (Fsp3) is 0. The lowest BCUT2D eigenvalue weighted by Crippen LogP contribution is -2.12. The lowest BCUT2D eigenvalue weighted by molar-refractivity contribution is 0.0995. The van der Waals surface area contributed by atoms with E-state index in [0.29, 0.717) is 0 Å². The summed E-state index contributed by atoms with van der Waals surface area (Å²) in [6.07, 6.45) is 0.975. The molecule has 0 aliphatic heterocycles. The Hall–Kier alpha value is -1.14.